The highest BCUT2D eigenvalue weighted by Crippen LogP contribution is 2.23. The van der Waals surface area contributed by atoms with E-state index in [0.29, 0.717) is 23.4 Å². The van der Waals surface area contributed by atoms with Crippen molar-refractivity contribution < 1.29 is 13.9 Å². The first kappa shape index (κ1) is 18.6. The summed E-state index contributed by atoms with van der Waals surface area (Å²) < 4.78 is 19.1. The van der Waals surface area contributed by atoms with Gasteiger partial charge in [-0.15, -0.1) is 0 Å². The van der Waals surface area contributed by atoms with Crippen molar-refractivity contribution in [2.75, 3.05) is 7.11 Å². The number of benzene rings is 3. The van der Waals surface area contributed by atoms with E-state index in [1.807, 2.05) is 36.4 Å². The number of carbonyl (C=O) groups is 1. The lowest BCUT2D eigenvalue weighted by molar-refractivity contribution is 0.0948. The van der Waals surface area contributed by atoms with Crippen LogP contribution in [-0.2, 0) is 13.1 Å². The van der Waals surface area contributed by atoms with Gasteiger partial charge in [0.25, 0.3) is 5.91 Å². The van der Waals surface area contributed by atoms with Gasteiger partial charge in [0.15, 0.2) is 0 Å². The van der Waals surface area contributed by atoms with Gasteiger partial charge in [-0.05, 0) is 34.9 Å². The number of nitrogens with one attached hydrogen (secondary N) is 1. The van der Waals surface area contributed by atoms with Crippen LogP contribution in [0, 0.1) is 5.82 Å². The van der Waals surface area contributed by atoms with Crippen LogP contribution in [0.1, 0.15) is 21.5 Å². The van der Waals surface area contributed by atoms with Gasteiger partial charge in [-0.2, -0.15) is 0 Å². The molecule has 0 radical (unpaired) electrons. The number of nitrogens with two attached hydrogens (primary N) is 1. The van der Waals surface area contributed by atoms with Crippen molar-refractivity contribution >= 4 is 5.91 Å². The summed E-state index contributed by atoms with van der Waals surface area (Å²) in [6.45, 7) is 0.564. The molecule has 0 aliphatic rings. The third-order valence-electron chi connectivity index (χ3n) is 4.36. The highest BCUT2D eigenvalue weighted by Gasteiger charge is 2.11. The minimum atomic E-state index is -0.303. The predicted octanol–water partition coefficient (Wildman–Crippen LogP) is 3.89. The summed E-state index contributed by atoms with van der Waals surface area (Å²) in [5.74, 6) is 0.0346. The van der Waals surface area contributed by atoms with Crippen LogP contribution in [0.4, 0.5) is 4.39 Å². The van der Waals surface area contributed by atoms with E-state index in [4.69, 9.17) is 10.5 Å². The molecule has 3 N–H and O–H groups in total. The first-order chi connectivity index (χ1) is 13.1. The Balaban J connectivity index is 1.67. The molecule has 27 heavy (non-hydrogen) atoms. The molecule has 0 atom stereocenters. The summed E-state index contributed by atoms with van der Waals surface area (Å²) in [4.78, 5) is 12.3. The fourth-order valence-corrected chi connectivity index (χ4v) is 2.82. The van der Waals surface area contributed by atoms with Crippen molar-refractivity contribution in [3.05, 3.63) is 89.2 Å². The molecule has 0 saturated carbocycles. The normalized spacial score (nSPS) is 10.5. The number of rotatable bonds is 6. The number of methoxy groups -OCH3 is 1. The topological polar surface area (TPSA) is 64.3 Å². The van der Waals surface area contributed by atoms with E-state index < -0.39 is 0 Å². The highest BCUT2D eigenvalue weighted by molar-refractivity contribution is 5.96. The number of hydrogen-bond acceptors (Lipinski definition) is 3. The number of carbonyl (C=O) groups excluding carboxylic acids is 1. The van der Waals surface area contributed by atoms with Crippen molar-refractivity contribution in [3.63, 3.8) is 0 Å². The average Bonchev–Trinajstić information content (AvgIpc) is 2.72. The van der Waals surface area contributed by atoms with Crippen molar-refractivity contribution in [2.24, 2.45) is 5.73 Å². The van der Waals surface area contributed by atoms with Gasteiger partial charge in [-0.25, -0.2) is 4.39 Å². The summed E-state index contributed by atoms with van der Waals surface area (Å²) in [6, 6.07) is 19.7. The highest BCUT2D eigenvalue weighted by atomic mass is 19.1. The van der Waals surface area contributed by atoms with Crippen LogP contribution in [0.15, 0.2) is 66.7 Å². The summed E-state index contributed by atoms with van der Waals surface area (Å²) in [7, 11) is 1.54. The molecule has 138 valence electrons. The molecule has 0 unspecified atom stereocenters. The molecule has 4 nitrogen and oxygen atoms in total. The minimum absolute atomic E-state index is 0.178. The number of amides is 1. The van der Waals surface area contributed by atoms with Crippen molar-refractivity contribution in [1.82, 2.24) is 5.32 Å². The Labute approximate surface area is 157 Å². The molecule has 0 aliphatic heterocycles. The molecule has 0 spiro atoms. The lowest BCUT2D eigenvalue weighted by Gasteiger charge is -2.10. The SMILES string of the molecule is COc1ccccc1C(=O)NCc1ccc(-c2ccc(CN)c(F)c2)cc1. The minimum Gasteiger partial charge on any atom is -0.496 e. The molecule has 5 heteroatoms. The van der Waals surface area contributed by atoms with E-state index in [9.17, 15) is 9.18 Å². The smallest absolute Gasteiger partial charge is 0.255 e. The summed E-state index contributed by atoms with van der Waals surface area (Å²) >= 11 is 0. The number of hydrogen-bond donors (Lipinski definition) is 2. The third-order valence-corrected chi connectivity index (χ3v) is 4.36. The standard InChI is InChI=1S/C22H21FN2O2/c1-27-21-5-3-2-4-19(21)22(26)25-14-15-6-8-16(9-7-15)17-10-11-18(13-24)20(23)12-17/h2-12H,13-14,24H2,1H3,(H,25,26). The molecule has 0 aliphatic carbocycles. The zero-order valence-electron chi connectivity index (χ0n) is 15.0. The van der Waals surface area contributed by atoms with E-state index in [2.05, 4.69) is 5.32 Å². The van der Waals surface area contributed by atoms with E-state index >= 15 is 0 Å². The largest absolute Gasteiger partial charge is 0.496 e. The zero-order valence-corrected chi connectivity index (χ0v) is 15.0. The zero-order chi connectivity index (χ0) is 19.2. The number of ether oxygens (including phenoxy) is 1. The van der Waals surface area contributed by atoms with Gasteiger partial charge in [-0.3, -0.25) is 4.79 Å². The van der Waals surface area contributed by atoms with Gasteiger partial charge in [0.2, 0.25) is 0 Å². The Morgan fingerprint density at radius 2 is 1.74 bits per heavy atom. The fourth-order valence-electron chi connectivity index (χ4n) is 2.82. The first-order valence-electron chi connectivity index (χ1n) is 8.61. The second-order valence-corrected chi connectivity index (χ2v) is 6.09. The first-order valence-corrected chi connectivity index (χ1v) is 8.61. The molecule has 3 aromatic rings. The van der Waals surface area contributed by atoms with Gasteiger partial charge in [0.05, 0.1) is 12.7 Å². The van der Waals surface area contributed by atoms with Gasteiger partial charge in [0.1, 0.15) is 11.6 Å². The molecule has 0 aromatic heterocycles. The van der Waals surface area contributed by atoms with Crippen LogP contribution < -0.4 is 15.8 Å². The summed E-state index contributed by atoms with van der Waals surface area (Å²) in [5.41, 5.74) is 9.11. The van der Waals surface area contributed by atoms with Crippen LogP contribution in [0.25, 0.3) is 11.1 Å². The van der Waals surface area contributed by atoms with E-state index in [0.717, 1.165) is 16.7 Å². The molecule has 3 rings (SSSR count). The number of para-hydroxylation sites is 1. The number of halogens is 1. The van der Waals surface area contributed by atoms with Gasteiger partial charge < -0.3 is 15.8 Å². The molecule has 0 saturated heterocycles. The summed E-state index contributed by atoms with van der Waals surface area (Å²) in [5, 5.41) is 2.88. The lowest BCUT2D eigenvalue weighted by Crippen LogP contribution is -2.23. The van der Waals surface area contributed by atoms with E-state index in [1.165, 1.54) is 13.2 Å². The predicted molar refractivity (Wildman–Crippen MR) is 104 cm³/mol. The Morgan fingerprint density at radius 1 is 1.04 bits per heavy atom. The molecule has 1 amide bonds. The molecule has 3 aromatic carbocycles. The average molecular weight is 364 g/mol. The van der Waals surface area contributed by atoms with Crippen molar-refractivity contribution in [1.29, 1.82) is 0 Å². The van der Waals surface area contributed by atoms with E-state index in [1.54, 1.807) is 24.3 Å². The van der Waals surface area contributed by atoms with Crippen LogP contribution in [0.3, 0.4) is 0 Å². The van der Waals surface area contributed by atoms with Crippen LogP contribution >= 0.6 is 0 Å². The maximum Gasteiger partial charge on any atom is 0.255 e. The van der Waals surface area contributed by atoms with Crippen molar-refractivity contribution in [3.8, 4) is 16.9 Å². The van der Waals surface area contributed by atoms with Crippen LogP contribution in [-0.4, -0.2) is 13.0 Å². The Bertz CT molecular complexity index is 939. The lowest BCUT2D eigenvalue weighted by atomic mass is 10.0. The third kappa shape index (κ3) is 4.33. The Kier molecular flexibility index (Phi) is 5.84. The van der Waals surface area contributed by atoms with Gasteiger partial charge in [0, 0.05) is 18.7 Å². The monoisotopic (exact) mass is 364 g/mol. The molecule has 0 fully saturated rings. The molecule has 0 bridgehead atoms. The second kappa shape index (κ2) is 8.47. The quantitative estimate of drug-likeness (QED) is 0.697. The van der Waals surface area contributed by atoms with Crippen molar-refractivity contribution in [2.45, 2.75) is 13.1 Å². The van der Waals surface area contributed by atoms with E-state index in [-0.39, 0.29) is 18.3 Å². The molecular formula is C22H21FN2O2. The Hall–Kier alpha value is -3.18. The van der Waals surface area contributed by atoms with Crippen LogP contribution in [0.2, 0.25) is 0 Å². The van der Waals surface area contributed by atoms with Gasteiger partial charge >= 0.3 is 0 Å². The molecular weight excluding hydrogens is 343 g/mol. The second-order valence-electron chi connectivity index (χ2n) is 6.09. The summed E-state index contributed by atoms with van der Waals surface area (Å²) in [6.07, 6.45) is 0. The maximum absolute atomic E-state index is 13.9. The fraction of sp³-hybridized carbons (Fsp3) is 0.136. The van der Waals surface area contributed by atoms with Gasteiger partial charge in [-0.1, -0.05) is 48.5 Å². The maximum atomic E-state index is 13.9. The van der Waals surface area contributed by atoms with Crippen LogP contribution in [0.5, 0.6) is 5.75 Å². The molecule has 0 heterocycles. The Morgan fingerprint density at radius 3 is 2.41 bits per heavy atom.